The molecule has 0 fully saturated rings. The van der Waals surface area contributed by atoms with Crippen LogP contribution in [0.15, 0.2) is 59.6 Å². The van der Waals surface area contributed by atoms with Gasteiger partial charge in [0.25, 0.3) is 0 Å². The first-order chi connectivity index (χ1) is 7.84. The SMILES string of the molecule is Fc1ccc(OC=Nc2ccccc2)cc1. The third-order valence-corrected chi connectivity index (χ3v) is 1.96. The van der Waals surface area contributed by atoms with Crippen molar-refractivity contribution in [2.75, 3.05) is 0 Å². The van der Waals surface area contributed by atoms with Crippen LogP contribution in [-0.4, -0.2) is 6.40 Å². The summed E-state index contributed by atoms with van der Waals surface area (Å²) in [5.74, 6) is 0.272. The molecule has 16 heavy (non-hydrogen) atoms. The predicted molar refractivity (Wildman–Crippen MR) is 61.6 cm³/mol. The van der Waals surface area contributed by atoms with Gasteiger partial charge >= 0.3 is 0 Å². The van der Waals surface area contributed by atoms with Crippen LogP contribution in [0.25, 0.3) is 0 Å². The average Bonchev–Trinajstić information content (AvgIpc) is 2.33. The molecule has 3 heteroatoms. The molecule has 0 aliphatic heterocycles. The Bertz CT molecular complexity index is 465. The van der Waals surface area contributed by atoms with E-state index in [9.17, 15) is 4.39 Å². The molecule has 80 valence electrons. The highest BCUT2D eigenvalue weighted by molar-refractivity contribution is 5.58. The van der Waals surface area contributed by atoms with Crippen LogP contribution >= 0.6 is 0 Å². The fraction of sp³-hybridized carbons (Fsp3) is 0. The normalized spacial score (nSPS) is 10.6. The van der Waals surface area contributed by atoms with Crippen LogP contribution in [0.3, 0.4) is 0 Å². The first-order valence-corrected chi connectivity index (χ1v) is 4.84. The van der Waals surface area contributed by atoms with Crippen molar-refractivity contribution in [2.45, 2.75) is 0 Å². The van der Waals surface area contributed by atoms with Gasteiger partial charge in [0.1, 0.15) is 11.6 Å². The Kier molecular flexibility index (Phi) is 3.28. The number of hydrogen-bond acceptors (Lipinski definition) is 2. The van der Waals surface area contributed by atoms with E-state index in [-0.39, 0.29) is 5.82 Å². The second-order valence-corrected chi connectivity index (χ2v) is 3.14. The maximum absolute atomic E-state index is 12.6. The van der Waals surface area contributed by atoms with Crippen molar-refractivity contribution in [1.29, 1.82) is 0 Å². The summed E-state index contributed by atoms with van der Waals surface area (Å²) in [6.07, 6.45) is 1.34. The largest absolute Gasteiger partial charge is 0.446 e. The van der Waals surface area contributed by atoms with Crippen molar-refractivity contribution in [3.63, 3.8) is 0 Å². The van der Waals surface area contributed by atoms with Crippen LogP contribution in [0.5, 0.6) is 5.75 Å². The molecule has 0 radical (unpaired) electrons. The van der Waals surface area contributed by atoms with Gasteiger partial charge in [-0.1, -0.05) is 18.2 Å². The third kappa shape index (κ3) is 2.92. The predicted octanol–water partition coefficient (Wildman–Crippen LogP) is 3.56. The molecule has 2 rings (SSSR count). The molecule has 0 saturated carbocycles. The lowest BCUT2D eigenvalue weighted by atomic mass is 10.3. The van der Waals surface area contributed by atoms with E-state index in [1.165, 1.54) is 18.5 Å². The maximum Gasteiger partial charge on any atom is 0.181 e. The van der Waals surface area contributed by atoms with E-state index < -0.39 is 0 Å². The molecule has 0 heterocycles. The summed E-state index contributed by atoms with van der Waals surface area (Å²) in [5.41, 5.74) is 0.810. The van der Waals surface area contributed by atoms with Crippen molar-refractivity contribution in [3.05, 3.63) is 60.4 Å². The number of ether oxygens (including phenoxy) is 1. The van der Waals surface area contributed by atoms with Gasteiger partial charge in [-0.15, -0.1) is 0 Å². The minimum Gasteiger partial charge on any atom is -0.446 e. The van der Waals surface area contributed by atoms with Crippen LogP contribution in [0.4, 0.5) is 10.1 Å². The van der Waals surface area contributed by atoms with Crippen molar-refractivity contribution in [2.24, 2.45) is 4.99 Å². The van der Waals surface area contributed by atoms with Crippen LogP contribution in [-0.2, 0) is 0 Å². The van der Waals surface area contributed by atoms with E-state index in [4.69, 9.17) is 4.74 Å². The van der Waals surface area contributed by atoms with Gasteiger partial charge in [-0.3, -0.25) is 0 Å². The quantitative estimate of drug-likeness (QED) is 0.566. The molecule has 0 amide bonds. The Morgan fingerprint density at radius 1 is 0.938 bits per heavy atom. The zero-order valence-electron chi connectivity index (χ0n) is 8.51. The molecule has 0 aromatic heterocycles. The zero-order chi connectivity index (χ0) is 11.2. The average molecular weight is 215 g/mol. The molecule has 0 aliphatic carbocycles. The number of benzene rings is 2. The number of halogens is 1. The number of aliphatic imine (C=N–C) groups is 1. The molecule has 0 aliphatic rings. The minimum atomic E-state index is -0.285. The maximum atomic E-state index is 12.6. The van der Waals surface area contributed by atoms with E-state index >= 15 is 0 Å². The molecular formula is C13H10FNO. The van der Waals surface area contributed by atoms with Crippen LogP contribution < -0.4 is 4.74 Å². The molecule has 0 bridgehead atoms. The summed E-state index contributed by atoms with van der Waals surface area (Å²) >= 11 is 0. The monoisotopic (exact) mass is 215 g/mol. The van der Waals surface area contributed by atoms with Crippen molar-refractivity contribution < 1.29 is 9.13 Å². The minimum absolute atomic E-state index is 0.285. The zero-order valence-corrected chi connectivity index (χ0v) is 8.51. The standard InChI is InChI=1S/C13H10FNO/c14-11-6-8-13(9-7-11)16-10-15-12-4-2-1-3-5-12/h1-10H. The molecule has 2 nitrogen and oxygen atoms in total. The van der Waals surface area contributed by atoms with E-state index in [1.807, 2.05) is 30.3 Å². The lowest BCUT2D eigenvalue weighted by Crippen LogP contribution is -1.88. The van der Waals surface area contributed by atoms with Gasteiger partial charge in [0.05, 0.1) is 5.69 Å². The highest BCUT2D eigenvalue weighted by Gasteiger charge is 1.91. The van der Waals surface area contributed by atoms with Gasteiger partial charge in [-0.05, 0) is 36.4 Å². The Hall–Kier alpha value is -2.16. The summed E-state index contributed by atoms with van der Waals surface area (Å²) in [5, 5.41) is 0. The van der Waals surface area contributed by atoms with Gasteiger partial charge in [0.15, 0.2) is 6.40 Å². The van der Waals surface area contributed by atoms with E-state index in [0.717, 1.165) is 5.69 Å². The lowest BCUT2D eigenvalue weighted by molar-refractivity contribution is 0.567. The fourth-order valence-electron chi connectivity index (χ4n) is 1.18. The van der Waals surface area contributed by atoms with Gasteiger partial charge in [0, 0.05) is 0 Å². The van der Waals surface area contributed by atoms with E-state index in [0.29, 0.717) is 5.75 Å². The van der Waals surface area contributed by atoms with Crippen LogP contribution in [0.1, 0.15) is 0 Å². The van der Waals surface area contributed by atoms with Crippen LogP contribution in [0, 0.1) is 5.82 Å². The molecule has 0 spiro atoms. The number of hydrogen-bond donors (Lipinski definition) is 0. The molecule has 2 aromatic carbocycles. The summed E-state index contributed by atoms with van der Waals surface area (Å²) in [6.45, 7) is 0. The number of nitrogens with zero attached hydrogens (tertiary/aromatic N) is 1. The lowest BCUT2D eigenvalue weighted by Gasteiger charge is -1.98. The van der Waals surface area contributed by atoms with Crippen molar-refractivity contribution in [1.82, 2.24) is 0 Å². The Balaban J connectivity index is 1.97. The topological polar surface area (TPSA) is 21.6 Å². The molecule has 0 unspecified atom stereocenters. The van der Waals surface area contributed by atoms with Gasteiger partial charge in [-0.25, -0.2) is 9.38 Å². The number of para-hydroxylation sites is 1. The summed E-state index contributed by atoms with van der Waals surface area (Å²) in [4.78, 5) is 4.08. The number of rotatable bonds is 3. The van der Waals surface area contributed by atoms with Gasteiger partial charge in [0.2, 0.25) is 0 Å². The van der Waals surface area contributed by atoms with Crippen LogP contribution in [0.2, 0.25) is 0 Å². The highest BCUT2D eigenvalue weighted by atomic mass is 19.1. The summed E-state index contributed by atoms with van der Waals surface area (Å²) in [7, 11) is 0. The van der Waals surface area contributed by atoms with Gasteiger partial charge in [-0.2, -0.15) is 0 Å². The first-order valence-electron chi connectivity index (χ1n) is 4.84. The van der Waals surface area contributed by atoms with E-state index in [2.05, 4.69) is 4.99 Å². The second kappa shape index (κ2) is 5.07. The fourth-order valence-corrected chi connectivity index (χ4v) is 1.18. The Labute approximate surface area is 93.0 Å². The molecular weight excluding hydrogens is 205 g/mol. The summed E-state index contributed by atoms with van der Waals surface area (Å²) in [6, 6.07) is 15.2. The third-order valence-electron chi connectivity index (χ3n) is 1.96. The van der Waals surface area contributed by atoms with E-state index in [1.54, 1.807) is 12.1 Å². The molecule has 0 N–H and O–H groups in total. The summed E-state index contributed by atoms with van der Waals surface area (Å²) < 4.78 is 17.8. The Morgan fingerprint density at radius 3 is 2.31 bits per heavy atom. The smallest absolute Gasteiger partial charge is 0.181 e. The molecule has 0 saturated heterocycles. The molecule has 0 atom stereocenters. The van der Waals surface area contributed by atoms with Crippen molar-refractivity contribution in [3.8, 4) is 5.75 Å². The molecule has 2 aromatic rings. The Morgan fingerprint density at radius 2 is 1.62 bits per heavy atom. The van der Waals surface area contributed by atoms with Crippen molar-refractivity contribution >= 4 is 12.1 Å². The highest BCUT2D eigenvalue weighted by Crippen LogP contribution is 2.12. The second-order valence-electron chi connectivity index (χ2n) is 3.14. The first kappa shape index (κ1) is 10.4. The van der Waals surface area contributed by atoms with Gasteiger partial charge < -0.3 is 4.74 Å².